The third-order valence-electron chi connectivity index (χ3n) is 9.65. The van der Waals surface area contributed by atoms with Gasteiger partial charge in [-0.1, -0.05) is 20.8 Å². The van der Waals surface area contributed by atoms with Crippen molar-refractivity contribution in [2.45, 2.75) is 134 Å². The molecule has 1 spiro atoms. The van der Waals surface area contributed by atoms with Crippen LogP contribution in [0.4, 0.5) is 0 Å². The summed E-state index contributed by atoms with van der Waals surface area (Å²) in [6.45, 7) is 15.2. The summed E-state index contributed by atoms with van der Waals surface area (Å²) < 4.78 is 31.8. The maximum atomic E-state index is 13.3. The van der Waals surface area contributed by atoms with E-state index in [1.165, 1.54) is 0 Å². The van der Waals surface area contributed by atoms with Gasteiger partial charge in [0.05, 0.1) is 43.9 Å². The van der Waals surface area contributed by atoms with Gasteiger partial charge in [0.15, 0.2) is 24.2 Å². The van der Waals surface area contributed by atoms with Gasteiger partial charge in [0.1, 0.15) is 11.7 Å². The van der Waals surface area contributed by atoms with E-state index < -0.39 is 76.2 Å². The normalized spacial score (nSPS) is 51.1. The number of aliphatic hydroxyl groups excluding tert-OH is 2. The summed E-state index contributed by atoms with van der Waals surface area (Å²) in [6, 6.07) is -0.545. The molecule has 3 fully saturated rings. The molecule has 0 aliphatic carbocycles. The first-order valence-electron chi connectivity index (χ1n) is 14.4. The quantitative estimate of drug-likeness (QED) is 0.208. The molecule has 4 heterocycles. The van der Waals surface area contributed by atoms with E-state index in [2.05, 4.69) is 6.92 Å². The number of rotatable bonds is 4. The molecular formula is C29H50NO9+. The van der Waals surface area contributed by atoms with E-state index in [0.717, 1.165) is 5.57 Å². The fraction of sp³-hybridized carbons (Fsp3) is 0.897. The van der Waals surface area contributed by atoms with Crippen LogP contribution in [-0.4, -0.2) is 100.0 Å². The lowest BCUT2D eigenvalue weighted by Gasteiger charge is -2.47. The van der Waals surface area contributed by atoms with Gasteiger partial charge in [0.2, 0.25) is 0 Å². The van der Waals surface area contributed by atoms with Crippen molar-refractivity contribution in [1.29, 1.82) is 0 Å². The summed E-state index contributed by atoms with van der Waals surface area (Å²) in [5.41, 5.74) is -0.972. The molecule has 3 bridgehead atoms. The average molecular weight is 557 g/mol. The Hall–Kier alpha value is -1.11. The van der Waals surface area contributed by atoms with Crippen LogP contribution in [0.5, 0.6) is 0 Å². The van der Waals surface area contributed by atoms with Gasteiger partial charge in [-0.05, 0) is 59.1 Å². The van der Waals surface area contributed by atoms with Crippen molar-refractivity contribution in [3.05, 3.63) is 11.6 Å². The maximum absolute atomic E-state index is 13.3. The van der Waals surface area contributed by atoms with Gasteiger partial charge in [0.25, 0.3) is 0 Å². The topological polar surface area (TPSA) is 124 Å². The molecule has 3 saturated heterocycles. The highest BCUT2D eigenvalue weighted by Crippen LogP contribution is 2.56. The summed E-state index contributed by atoms with van der Waals surface area (Å²) in [7, 11) is 3.22. The van der Waals surface area contributed by atoms with Crippen LogP contribution in [-0.2, 0) is 28.5 Å². The Morgan fingerprint density at radius 1 is 1.10 bits per heavy atom. The number of hydroxylamine groups is 3. The number of carbonyl (C=O) groups is 1. The first kappa shape index (κ1) is 30.8. The zero-order valence-corrected chi connectivity index (χ0v) is 25.2. The van der Waals surface area contributed by atoms with Gasteiger partial charge in [-0.15, -0.1) is 0 Å². The molecule has 0 amide bonds. The van der Waals surface area contributed by atoms with E-state index in [-0.39, 0.29) is 12.0 Å². The van der Waals surface area contributed by atoms with E-state index in [1.807, 2.05) is 47.6 Å². The number of carbonyl (C=O) groups excluding carboxylic acids is 1. The van der Waals surface area contributed by atoms with Crippen molar-refractivity contribution in [2.75, 3.05) is 14.1 Å². The molecule has 2 unspecified atom stereocenters. The third-order valence-corrected chi connectivity index (χ3v) is 9.65. The lowest BCUT2D eigenvalue weighted by molar-refractivity contribution is -1.09. The number of aliphatic hydroxyl groups is 2. The number of quaternary nitrogens is 1. The smallest absolute Gasteiger partial charge is 0.311 e. The van der Waals surface area contributed by atoms with E-state index in [1.54, 1.807) is 21.0 Å². The van der Waals surface area contributed by atoms with E-state index in [9.17, 15) is 20.2 Å². The standard InChI is InChI=1S/C29H50NO9/c1-11-21-27(7)13-15(2)29(38-27)16(3)14-28(8,39-29)24(18(5)22(31)19(6)25(33)36-21)37-26-23(32)20(30(9,10)34)12-17(4)35-26/h13,16-24,26,31-32,34H,11-12,14H2,1-10H3/q+1/t16-,17-,18+,19-,20+,21-,22+,23-,24-,26+,27?,28-,29?/m1/s1. The number of likely N-dealkylation sites (N-methyl/N-ethyl adjacent to an activating group) is 1. The Morgan fingerprint density at radius 2 is 1.74 bits per heavy atom. The summed E-state index contributed by atoms with van der Waals surface area (Å²) in [6.07, 6.45) is -1.46. The van der Waals surface area contributed by atoms with Crippen LogP contribution in [0.25, 0.3) is 0 Å². The SMILES string of the molecule is CC[C@H]1OC(=O)[C@H](C)[C@@H](O)[C@H](C)[C@@H](O[C@@H]2O[C@H](C)C[C@H]([N+](C)(C)O)[C@H]2O)[C@@]2(C)C[C@@H](C)C3(OC1(C)C=C3C)O2. The summed E-state index contributed by atoms with van der Waals surface area (Å²) in [4.78, 5) is 13.3. The van der Waals surface area contributed by atoms with Crippen molar-refractivity contribution in [3.8, 4) is 0 Å². The molecule has 10 heteroatoms. The third kappa shape index (κ3) is 5.20. The molecule has 0 saturated carbocycles. The van der Waals surface area contributed by atoms with Crippen LogP contribution in [0, 0.1) is 17.8 Å². The lowest BCUT2D eigenvalue weighted by atomic mass is 9.78. The number of cyclic esters (lactones) is 1. The number of fused-ring (bicyclic) bond motifs is 2. The van der Waals surface area contributed by atoms with Crippen LogP contribution in [0.15, 0.2) is 11.6 Å². The summed E-state index contributed by atoms with van der Waals surface area (Å²) in [5.74, 6) is -3.12. The highest BCUT2D eigenvalue weighted by atomic mass is 16.8. The zero-order valence-electron chi connectivity index (χ0n) is 25.2. The fourth-order valence-electron chi connectivity index (χ4n) is 7.49. The number of esters is 1. The Kier molecular flexibility index (Phi) is 8.15. The van der Waals surface area contributed by atoms with Crippen molar-refractivity contribution < 1.29 is 48.5 Å². The maximum Gasteiger partial charge on any atom is 0.311 e. The monoisotopic (exact) mass is 556 g/mol. The van der Waals surface area contributed by atoms with Gasteiger partial charge < -0.3 is 33.9 Å². The molecule has 3 N–H and O–H groups in total. The molecule has 10 nitrogen and oxygen atoms in total. The number of nitrogens with zero attached hydrogens (tertiary/aromatic N) is 1. The molecule has 0 radical (unpaired) electrons. The molecule has 0 aromatic rings. The second kappa shape index (κ2) is 10.3. The Bertz CT molecular complexity index is 967. The largest absolute Gasteiger partial charge is 0.459 e. The minimum Gasteiger partial charge on any atom is -0.459 e. The lowest BCUT2D eigenvalue weighted by Crippen LogP contribution is -2.63. The van der Waals surface area contributed by atoms with Crippen molar-refractivity contribution in [3.63, 3.8) is 0 Å². The molecule has 39 heavy (non-hydrogen) atoms. The predicted molar refractivity (Wildman–Crippen MR) is 141 cm³/mol. The molecule has 4 rings (SSSR count). The first-order valence-corrected chi connectivity index (χ1v) is 14.4. The molecule has 4 aliphatic heterocycles. The van der Waals surface area contributed by atoms with Crippen LogP contribution in [0.3, 0.4) is 0 Å². The minimum atomic E-state index is -1.14. The van der Waals surface area contributed by atoms with Gasteiger partial charge in [-0.3, -0.25) is 4.79 Å². The second-order valence-electron chi connectivity index (χ2n) is 13.4. The number of hydrogen-bond acceptors (Lipinski definition) is 9. The Labute approximate surface area is 232 Å². The highest BCUT2D eigenvalue weighted by molar-refractivity contribution is 5.73. The molecule has 0 aromatic carbocycles. The molecule has 224 valence electrons. The Morgan fingerprint density at radius 3 is 2.33 bits per heavy atom. The van der Waals surface area contributed by atoms with E-state index in [0.29, 0.717) is 19.3 Å². The van der Waals surface area contributed by atoms with Gasteiger partial charge >= 0.3 is 5.97 Å². The number of hydrogen-bond donors (Lipinski definition) is 3. The van der Waals surface area contributed by atoms with Crippen molar-refractivity contribution in [1.82, 2.24) is 0 Å². The molecule has 4 aliphatic rings. The highest BCUT2D eigenvalue weighted by Gasteiger charge is 2.65. The molecule has 13 atom stereocenters. The fourth-order valence-corrected chi connectivity index (χ4v) is 7.49. The number of ether oxygens (including phenoxy) is 5. The average Bonchev–Trinajstić information content (AvgIpc) is 3.25. The first-order chi connectivity index (χ1) is 17.9. The van der Waals surface area contributed by atoms with Crippen LogP contribution >= 0.6 is 0 Å². The van der Waals surface area contributed by atoms with E-state index >= 15 is 0 Å². The minimum absolute atomic E-state index is 0.0840. The van der Waals surface area contributed by atoms with Gasteiger partial charge in [0, 0.05) is 18.3 Å². The summed E-state index contributed by atoms with van der Waals surface area (Å²) in [5, 5.41) is 33.5. The molecular weight excluding hydrogens is 506 g/mol. The predicted octanol–water partition coefficient (Wildman–Crippen LogP) is 2.92. The van der Waals surface area contributed by atoms with Crippen molar-refractivity contribution in [2.24, 2.45) is 17.8 Å². The van der Waals surface area contributed by atoms with Gasteiger partial charge in [-0.25, -0.2) is 5.21 Å². The van der Waals surface area contributed by atoms with E-state index in [4.69, 9.17) is 23.7 Å². The second-order valence-corrected chi connectivity index (χ2v) is 13.4. The van der Waals surface area contributed by atoms with Gasteiger partial charge in [-0.2, -0.15) is 4.65 Å². The zero-order chi connectivity index (χ0) is 29.3. The van der Waals surface area contributed by atoms with Crippen LogP contribution < -0.4 is 0 Å². The summed E-state index contributed by atoms with van der Waals surface area (Å²) >= 11 is 0. The molecule has 0 aromatic heterocycles. The van der Waals surface area contributed by atoms with Crippen LogP contribution in [0.2, 0.25) is 0 Å². The van der Waals surface area contributed by atoms with Crippen LogP contribution in [0.1, 0.15) is 74.7 Å². The van der Waals surface area contributed by atoms with Crippen molar-refractivity contribution >= 4 is 5.97 Å². The Balaban J connectivity index is 1.77.